The van der Waals surface area contributed by atoms with Crippen LogP contribution in [0.1, 0.15) is 37.2 Å². The molecule has 0 amide bonds. The van der Waals surface area contributed by atoms with E-state index in [2.05, 4.69) is 53.8 Å². The van der Waals surface area contributed by atoms with Gasteiger partial charge in [-0.15, -0.1) is 11.3 Å². The molecule has 1 heterocycles. The number of nitrogens with zero attached hydrogens (tertiary/aromatic N) is 1. The lowest BCUT2D eigenvalue weighted by atomic mass is 10.1. The molecule has 1 aromatic carbocycles. The molecule has 1 N–H and O–H groups in total. The van der Waals surface area contributed by atoms with E-state index < -0.39 is 0 Å². The Labute approximate surface area is 100 Å². The maximum atomic E-state index is 4.32. The van der Waals surface area contributed by atoms with Crippen LogP contribution in [0.3, 0.4) is 0 Å². The number of aromatic nitrogens is 1. The first-order chi connectivity index (χ1) is 7.77. The summed E-state index contributed by atoms with van der Waals surface area (Å²) in [7, 11) is 0. The minimum absolute atomic E-state index is 0.293. The van der Waals surface area contributed by atoms with Crippen LogP contribution in [0.2, 0.25) is 0 Å². The molecule has 0 saturated carbocycles. The molecule has 0 aliphatic rings. The largest absolute Gasteiger partial charge is 0.302 e. The molecule has 1 aromatic heterocycles. The quantitative estimate of drug-likeness (QED) is 0.872. The Balaban J connectivity index is 2.00. The average molecular weight is 232 g/mol. The fourth-order valence-corrected chi connectivity index (χ4v) is 2.38. The third-order valence-electron chi connectivity index (χ3n) is 2.69. The van der Waals surface area contributed by atoms with Gasteiger partial charge in [0.1, 0.15) is 0 Å². The molecule has 2 rings (SSSR count). The molecular weight excluding hydrogens is 216 g/mol. The lowest BCUT2D eigenvalue weighted by molar-refractivity contribution is 0.488. The van der Waals surface area contributed by atoms with Crippen LogP contribution >= 0.6 is 11.3 Å². The van der Waals surface area contributed by atoms with Crippen LogP contribution in [0.4, 0.5) is 0 Å². The van der Waals surface area contributed by atoms with Gasteiger partial charge in [0.2, 0.25) is 0 Å². The lowest BCUT2D eigenvalue weighted by Crippen LogP contribution is -2.22. The zero-order valence-electron chi connectivity index (χ0n) is 9.55. The van der Waals surface area contributed by atoms with E-state index in [0.717, 1.165) is 5.69 Å². The molecule has 1 unspecified atom stereocenters. The number of rotatable bonds is 4. The second kappa shape index (κ2) is 5.23. The van der Waals surface area contributed by atoms with E-state index in [9.17, 15) is 0 Å². The molecule has 0 spiro atoms. The molecule has 0 aliphatic heterocycles. The molecule has 2 nitrogen and oxygen atoms in total. The van der Waals surface area contributed by atoms with E-state index in [1.165, 1.54) is 5.56 Å². The third kappa shape index (κ3) is 2.68. The normalized spacial score (nSPS) is 14.6. The van der Waals surface area contributed by atoms with Crippen molar-refractivity contribution in [1.29, 1.82) is 0 Å². The van der Waals surface area contributed by atoms with Crippen molar-refractivity contribution in [2.24, 2.45) is 0 Å². The molecule has 0 saturated heterocycles. The molecule has 3 heteroatoms. The lowest BCUT2D eigenvalue weighted by Gasteiger charge is -2.18. The van der Waals surface area contributed by atoms with Gasteiger partial charge < -0.3 is 5.32 Å². The number of nitrogens with one attached hydrogen (secondary N) is 1. The van der Waals surface area contributed by atoms with Crippen LogP contribution in [0.25, 0.3) is 0 Å². The van der Waals surface area contributed by atoms with Crippen molar-refractivity contribution in [3.05, 3.63) is 52.5 Å². The van der Waals surface area contributed by atoms with Gasteiger partial charge in [-0.2, -0.15) is 0 Å². The smallest absolute Gasteiger partial charge is 0.0795 e. The Morgan fingerprint density at radius 1 is 1.12 bits per heavy atom. The third-order valence-corrected chi connectivity index (χ3v) is 3.30. The van der Waals surface area contributed by atoms with Crippen LogP contribution < -0.4 is 5.32 Å². The number of hydrogen-bond donors (Lipinski definition) is 1. The summed E-state index contributed by atoms with van der Waals surface area (Å²) in [6.07, 6.45) is 0. The number of benzene rings is 1. The molecule has 0 bridgehead atoms. The zero-order valence-corrected chi connectivity index (χ0v) is 10.4. The monoisotopic (exact) mass is 232 g/mol. The predicted octanol–water partition coefficient (Wildman–Crippen LogP) is 3.55. The minimum atomic E-state index is 0.293. The summed E-state index contributed by atoms with van der Waals surface area (Å²) >= 11 is 1.64. The Morgan fingerprint density at radius 2 is 1.88 bits per heavy atom. The highest BCUT2D eigenvalue weighted by molar-refractivity contribution is 7.07. The van der Waals surface area contributed by atoms with Gasteiger partial charge in [-0.25, -0.2) is 4.98 Å². The highest BCUT2D eigenvalue weighted by Crippen LogP contribution is 2.18. The first kappa shape index (κ1) is 11.3. The second-order valence-electron chi connectivity index (χ2n) is 3.93. The first-order valence-electron chi connectivity index (χ1n) is 5.46. The summed E-state index contributed by atoms with van der Waals surface area (Å²) in [6.45, 7) is 4.33. The van der Waals surface area contributed by atoms with Crippen molar-refractivity contribution in [2.45, 2.75) is 25.9 Å². The first-order valence-corrected chi connectivity index (χ1v) is 6.40. The van der Waals surface area contributed by atoms with Gasteiger partial charge in [0.25, 0.3) is 0 Å². The van der Waals surface area contributed by atoms with Crippen LogP contribution in [0.5, 0.6) is 0 Å². The maximum Gasteiger partial charge on any atom is 0.0795 e. The van der Waals surface area contributed by atoms with Crippen molar-refractivity contribution >= 4 is 11.3 Å². The minimum Gasteiger partial charge on any atom is -0.302 e. The zero-order chi connectivity index (χ0) is 11.4. The average Bonchev–Trinajstić information content (AvgIpc) is 2.83. The predicted molar refractivity (Wildman–Crippen MR) is 68.5 cm³/mol. The van der Waals surface area contributed by atoms with E-state index in [0.29, 0.717) is 12.1 Å². The van der Waals surface area contributed by atoms with Gasteiger partial charge in [0, 0.05) is 17.5 Å². The van der Waals surface area contributed by atoms with Gasteiger partial charge in [-0.1, -0.05) is 30.3 Å². The van der Waals surface area contributed by atoms with Crippen LogP contribution in [0, 0.1) is 0 Å². The highest BCUT2D eigenvalue weighted by atomic mass is 32.1. The van der Waals surface area contributed by atoms with Crippen molar-refractivity contribution in [1.82, 2.24) is 10.3 Å². The van der Waals surface area contributed by atoms with Crippen molar-refractivity contribution < 1.29 is 0 Å². The number of hydrogen-bond acceptors (Lipinski definition) is 3. The van der Waals surface area contributed by atoms with Crippen LogP contribution in [-0.4, -0.2) is 4.98 Å². The maximum absolute atomic E-state index is 4.32. The summed E-state index contributed by atoms with van der Waals surface area (Å²) in [5.41, 5.74) is 4.30. The molecule has 84 valence electrons. The summed E-state index contributed by atoms with van der Waals surface area (Å²) in [6, 6.07) is 11.1. The van der Waals surface area contributed by atoms with E-state index in [-0.39, 0.29) is 0 Å². The van der Waals surface area contributed by atoms with Crippen LogP contribution in [-0.2, 0) is 0 Å². The van der Waals surface area contributed by atoms with Gasteiger partial charge in [0.15, 0.2) is 0 Å². The Hall–Kier alpha value is -1.19. The molecule has 2 atom stereocenters. The molecular formula is C13H16N2S. The summed E-state index contributed by atoms with van der Waals surface area (Å²) in [4.78, 5) is 4.32. The second-order valence-corrected chi connectivity index (χ2v) is 4.65. The Morgan fingerprint density at radius 3 is 2.50 bits per heavy atom. The molecule has 0 aliphatic carbocycles. The van der Waals surface area contributed by atoms with E-state index in [1.54, 1.807) is 11.3 Å². The van der Waals surface area contributed by atoms with E-state index in [4.69, 9.17) is 0 Å². The van der Waals surface area contributed by atoms with Gasteiger partial charge >= 0.3 is 0 Å². The topological polar surface area (TPSA) is 24.9 Å². The highest BCUT2D eigenvalue weighted by Gasteiger charge is 2.11. The summed E-state index contributed by atoms with van der Waals surface area (Å²) < 4.78 is 0. The fourth-order valence-electron chi connectivity index (χ4n) is 1.73. The molecule has 0 fully saturated rings. The molecule has 2 aromatic rings. The summed E-state index contributed by atoms with van der Waals surface area (Å²) in [5, 5.41) is 5.64. The van der Waals surface area contributed by atoms with Crippen LogP contribution in [0.15, 0.2) is 41.2 Å². The SMILES string of the molecule is CC(N[C@@H](C)c1ccccc1)c1cscn1. The number of thiazole rings is 1. The summed E-state index contributed by atoms with van der Waals surface area (Å²) in [5.74, 6) is 0. The van der Waals surface area contributed by atoms with Crippen molar-refractivity contribution in [3.63, 3.8) is 0 Å². The van der Waals surface area contributed by atoms with Crippen molar-refractivity contribution in [3.8, 4) is 0 Å². The van der Waals surface area contributed by atoms with E-state index >= 15 is 0 Å². The Kier molecular flexibility index (Phi) is 3.70. The fraction of sp³-hybridized carbons (Fsp3) is 0.308. The van der Waals surface area contributed by atoms with Gasteiger partial charge in [0.05, 0.1) is 11.2 Å². The standard InChI is InChI=1S/C13H16N2S/c1-10(12-6-4-3-5-7-12)15-11(2)13-8-16-9-14-13/h3-11,15H,1-2H3/t10-,11?/m0/s1. The van der Waals surface area contributed by atoms with Gasteiger partial charge in [-0.3, -0.25) is 0 Å². The molecule has 0 radical (unpaired) electrons. The van der Waals surface area contributed by atoms with E-state index in [1.807, 2.05) is 11.6 Å². The Bertz CT molecular complexity index is 411. The molecule has 16 heavy (non-hydrogen) atoms. The van der Waals surface area contributed by atoms with Crippen molar-refractivity contribution in [2.75, 3.05) is 0 Å². The van der Waals surface area contributed by atoms with Gasteiger partial charge in [-0.05, 0) is 19.4 Å².